The lowest BCUT2D eigenvalue weighted by atomic mass is 10.1. The molecule has 150 valence electrons. The highest BCUT2D eigenvalue weighted by molar-refractivity contribution is 5.96. The molecule has 1 aliphatic heterocycles. The van der Waals surface area contributed by atoms with Crippen LogP contribution in [0.3, 0.4) is 0 Å². The van der Waals surface area contributed by atoms with Crippen molar-refractivity contribution >= 4 is 11.6 Å². The van der Waals surface area contributed by atoms with Crippen molar-refractivity contribution < 1.29 is 18.8 Å². The van der Waals surface area contributed by atoms with Crippen LogP contribution in [0, 0.1) is 13.8 Å². The van der Waals surface area contributed by atoms with Crippen LogP contribution >= 0.6 is 0 Å². The summed E-state index contributed by atoms with van der Waals surface area (Å²) in [6, 6.07) is 11.6. The molecular weight excluding hydrogens is 370 g/mol. The molecule has 7 heteroatoms. The van der Waals surface area contributed by atoms with E-state index >= 15 is 0 Å². The van der Waals surface area contributed by atoms with Crippen LogP contribution < -0.4 is 14.4 Å². The Morgan fingerprint density at radius 3 is 2.45 bits per heavy atom. The van der Waals surface area contributed by atoms with Crippen molar-refractivity contribution in [2.45, 2.75) is 26.2 Å². The van der Waals surface area contributed by atoms with Gasteiger partial charge in [0.2, 0.25) is 17.6 Å². The van der Waals surface area contributed by atoms with Gasteiger partial charge in [-0.3, -0.25) is 4.79 Å². The SMILES string of the molecule is COc1ccc(-c2noc([C@@H]3CC(=O)N(c4cc(C)cc(C)c4)C3)n2)cc1OC. The van der Waals surface area contributed by atoms with Crippen molar-refractivity contribution in [3.8, 4) is 22.9 Å². The largest absolute Gasteiger partial charge is 0.493 e. The molecular formula is C22H23N3O4. The molecule has 0 bridgehead atoms. The second-order valence-corrected chi connectivity index (χ2v) is 7.28. The maximum absolute atomic E-state index is 12.6. The van der Waals surface area contributed by atoms with E-state index in [4.69, 9.17) is 14.0 Å². The summed E-state index contributed by atoms with van der Waals surface area (Å²) < 4.78 is 16.1. The molecule has 7 nitrogen and oxygen atoms in total. The molecule has 1 aliphatic rings. The fraction of sp³-hybridized carbons (Fsp3) is 0.318. The van der Waals surface area contributed by atoms with E-state index in [2.05, 4.69) is 16.2 Å². The van der Waals surface area contributed by atoms with E-state index in [0.29, 0.717) is 36.2 Å². The van der Waals surface area contributed by atoms with E-state index in [1.165, 1.54) is 0 Å². The molecule has 1 amide bonds. The van der Waals surface area contributed by atoms with Gasteiger partial charge in [-0.1, -0.05) is 11.2 Å². The minimum Gasteiger partial charge on any atom is -0.493 e. The highest BCUT2D eigenvalue weighted by Crippen LogP contribution is 2.34. The first kappa shape index (κ1) is 19.0. The van der Waals surface area contributed by atoms with Crippen LogP contribution in [0.5, 0.6) is 11.5 Å². The molecule has 4 rings (SSSR count). The molecule has 0 aliphatic carbocycles. The Balaban J connectivity index is 1.57. The number of aromatic nitrogens is 2. The zero-order valence-corrected chi connectivity index (χ0v) is 16.9. The van der Waals surface area contributed by atoms with Crippen LogP contribution in [0.2, 0.25) is 0 Å². The Bertz CT molecular complexity index is 1040. The van der Waals surface area contributed by atoms with Gasteiger partial charge in [-0.25, -0.2) is 0 Å². The van der Waals surface area contributed by atoms with Crippen molar-refractivity contribution in [3.05, 3.63) is 53.4 Å². The summed E-state index contributed by atoms with van der Waals surface area (Å²) in [7, 11) is 3.16. The molecule has 0 saturated carbocycles. The van der Waals surface area contributed by atoms with E-state index in [1.807, 2.05) is 32.0 Å². The predicted octanol–water partition coefficient (Wildman–Crippen LogP) is 3.89. The first-order chi connectivity index (χ1) is 14.0. The monoisotopic (exact) mass is 393 g/mol. The van der Waals surface area contributed by atoms with Gasteiger partial charge in [-0.15, -0.1) is 0 Å². The number of methoxy groups -OCH3 is 2. The summed E-state index contributed by atoms with van der Waals surface area (Å²) in [5.74, 6) is 2.07. The summed E-state index contributed by atoms with van der Waals surface area (Å²) in [5.41, 5.74) is 3.93. The molecule has 0 radical (unpaired) electrons. The number of carbonyl (C=O) groups is 1. The number of rotatable bonds is 5. The van der Waals surface area contributed by atoms with E-state index in [-0.39, 0.29) is 11.8 Å². The number of aryl methyl sites for hydroxylation is 2. The summed E-state index contributed by atoms with van der Waals surface area (Å²) in [6.07, 6.45) is 0.348. The molecule has 1 saturated heterocycles. The molecule has 0 N–H and O–H groups in total. The number of amides is 1. The smallest absolute Gasteiger partial charge is 0.232 e. The Hall–Kier alpha value is -3.35. The van der Waals surface area contributed by atoms with Crippen LogP contribution in [0.4, 0.5) is 5.69 Å². The van der Waals surface area contributed by atoms with Gasteiger partial charge in [0.05, 0.1) is 20.1 Å². The van der Waals surface area contributed by atoms with Crippen molar-refractivity contribution in [2.75, 3.05) is 25.7 Å². The number of hydrogen-bond acceptors (Lipinski definition) is 6. The molecule has 1 aromatic heterocycles. The summed E-state index contributed by atoms with van der Waals surface area (Å²) >= 11 is 0. The van der Waals surface area contributed by atoms with Gasteiger partial charge in [-0.2, -0.15) is 4.98 Å². The Morgan fingerprint density at radius 2 is 1.76 bits per heavy atom. The fourth-order valence-electron chi connectivity index (χ4n) is 3.72. The van der Waals surface area contributed by atoms with Gasteiger partial charge in [0, 0.05) is 24.2 Å². The maximum atomic E-state index is 12.6. The molecule has 2 aromatic carbocycles. The van der Waals surface area contributed by atoms with Gasteiger partial charge in [0.25, 0.3) is 0 Å². The second kappa shape index (κ2) is 7.58. The molecule has 0 spiro atoms. The van der Waals surface area contributed by atoms with Crippen molar-refractivity contribution in [1.82, 2.24) is 10.1 Å². The van der Waals surface area contributed by atoms with Crippen molar-refractivity contribution in [2.24, 2.45) is 0 Å². The molecule has 2 heterocycles. The lowest BCUT2D eigenvalue weighted by Crippen LogP contribution is -2.24. The van der Waals surface area contributed by atoms with E-state index in [0.717, 1.165) is 22.4 Å². The van der Waals surface area contributed by atoms with Crippen LogP contribution in [-0.4, -0.2) is 36.8 Å². The minimum atomic E-state index is -0.135. The first-order valence-corrected chi connectivity index (χ1v) is 9.43. The number of hydrogen-bond donors (Lipinski definition) is 0. The standard InChI is InChI=1S/C22H23N3O4/c1-13-7-14(2)9-17(8-13)25-12-16(11-20(25)26)22-23-21(24-29-22)15-5-6-18(27-3)19(10-15)28-4/h5-10,16H,11-12H2,1-4H3/t16-/m1/s1. The molecule has 29 heavy (non-hydrogen) atoms. The lowest BCUT2D eigenvalue weighted by molar-refractivity contribution is -0.117. The number of ether oxygens (including phenoxy) is 2. The molecule has 1 fully saturated rings. The zero-order valence-electron chi connectivity index (χ0n) is 16.9. The highest BCUT2D eigenvalue weighted by Gasteiger charge is 2.35. The van der Waals surface area contributed by atoms with Gasteiger partial charge in [-0.05, 0) is 55.3 Å². The van der Waals surface area contributed by atoms with Crippen LogP contribution in [0.15, 0.2) is 40.9 Å². The van der Waals surface area contributed by atoms with Gasteiger partial charge < -0.3 is 18.9 Å². The topological polar surface area (TPSA) is 77.7 Å². The third kappa shape index (κ3) is 3.68. The van der Waals surface area contributed by atoms with E-state index in [1.54, 1.807) is 31.3 Å². The first-order valence-electron chi connectivity index (χ1n) is 9.43. The Labute approximate surface area is 169 Å². The van der Waals surface area contributed by atoms with Gasteiger partial charge >= 0.3 is 0 Å². The van der Waals surface area contributed by atoms with Gasteiger partial charge in [0.1, 0.15) is 0 Å². The third-order valence-corrected chi connectivity index (χ3v) is 5.08. The van der Waals surface area contributed by atoms with Crippen LogP contribution in [-0.2, 0) is 4.79 Å². The number of benzene rings is 2. The number of carbonyl (C=O) groups excluding carboxylic acids is 1. The summed E-state index contributed by atoms with van der Waals surface area (Å²) in [5, 5.41) is 4.10. The highest BCUT2D eigenvalue weighted by atomic mass is 16.5. The maximum Gasteiger partial charge on any atom is 0.232 e. The molecule has 3 aromatic rings. The van der Waals surface area contributed by atoms with Crippen molar-refractivity contribution in [3.63, 3.8) is 0 Å². The second-order valence-electron chi connectivity index (χ2n) is 7.28. The Morgan fingerprint density at radius 1 is 1.03 bits per heavy atom. The van der Waals surface area contributed by atoms with E-state index in [9.17, 15) is 4.79 Å². The normalized spacial score (nSPS) is 16.3. The van der Waals surface area contributed by atoms with Crippen molar-refractivity contribution in [1.29, 1.82) is 0 Å². The summed E-state index contributed by atoms with van der Waals surface area (Å²) in [6.45, 7) is 4.58. The van der Waals surface area contributed by atoms with Crippen LogP contribution in [0.25, 0.3) is 11.4 Å². The minimum absolute atomic E-state index is 0.0610. The quantitative estimate of drug-likeness (QED) is 0.654. The fourth-order valence-corrected chi connectivity index (χ4v) is 3.72. The summed E-state index contributed by atoms with van der Waals surface area (Å²) in [4.78, 5) is 19.0. The number of nitrogens with zero attached hydrogens (tertiary/aromatic N) is 3. The number of anilines is 1. The zero-order chi connectivity index (χ0) is 20.5. The Kier molecular flexibility index (Phi) is 4.96. The average Bonchev–Trinajstić information content (AvgIpc) is 3.33. The predicted molar refractivity (Wildman–Crippen MR) is 108 cm³/mol. The third-order valence-electron chi connectivity index (χ3n) is 5.08. The van der Waals surface area contributed by atoms with Gasteiger partial charge in [0.15, 0.2) is 11.5 Å². The average molecular weight is 393 g/mol. The molecule has 0 unspecified atom stereocenters. The van der Waals surface area contributed by atoms with E-state index < -0.39 is 0 Å². The lowest BCUT2D eigenvalue weighted by Gasteiger charge is -2.17. The molecule has 1 atom stereocenters. The van der Waals surface area contributed by atoms with Crippen LogP contribution in [0.1, 0.15) is 29.4 Å².